The van der Waals surface area contributed by atoms with Gasteiger partial charge in [-0.15, -0.1) is 0 Å². The van der Waals surface area contributed by atoms with Crippen LogP contribution < -0.4 is 4.74 Å². The van der Waals surface area contributed by atoms with Gasteiger partial charge in [0.2, 0.25) is 0 Å². The maximum atomic E-state index is 11.3. The zero-order valence-corrected chi connectivity index (χ0v) is 14.6. The lowest BCUT2D eigenvalue weighted by Crippen LogP contribution is -2.07. The highest BCUT2D eigenvalue weighted by Gasteiger charge is 2.06. The van der Waals surface area contributed by atoms with Gasteiger partial charge >= 0.3 is 5.97 Å². The molecule has 1 N–H and O–H groups in total. The fourth-order valence-corrected chi connectivity index (χ4v) is 2.32. The molecule has 0 amide bonds. The Labute approximate surface area is 143 Å². The number of aromatic nitrogens is 2. The van der Waals surface area contributed by atoms with Gasteiger partial charge in [0, 0.05) is 18.1 Å². The first kappa shape index (κ1) is 18.0. The Bertz CT molecular complexity index is 691. The minimum absolute atomic E-state index is 0.343. The average molecular weight is 330 g/mol. The van der Waals surface area contributed by atoms with Crippen molar-refractivity contribution in [3.05, 3.63) is 36.2 Å². The maximum absolute atomic E-state index is 11.3. The Hall–Kier alpha value is -2.30. The molecule has 1 aromatic carbocycles. The van der Waals surface area contributed by atoms with Gasteiger partial charge in [0.15, 0.2) is 0 Å². The van der Waals surface area contributed by atoms with Crippen LogP contribution in [-0.4, -0.2) is 29.2 Å². The Kier molecular flexibility index (Phi) is 6.85. The molecule has 0 fully saturated rings. The van der Waals surface area contributed by atoms with Crippen molar-refractivity contribution in [2.75, 3.05) is 13.2 Å². The van der Waals surface area contributed by atoms with Crippen LogP contribution in [0.1, 0.15) is 45.4 Å². The first-order valence-corrected chi connectivity index (χ1v) is 8.54. The number of ether oxygens (including phenoxy) is 2. The first-order valence-electron chi connectivity index (χ1n) is 8.54. The van der Waals surface area contributed by atoms with Crippen LogP contribution >= 0.6 is 0 Å². The molecule has 1 aromatic heterocycles. The summed E-state index contributed by atoms with van der Waals surface area (Å²) in [6.45, 7) is 8.49. The van der Waals surface area contributed by atoms with Gasteiger partial charge < -0.3 is 14.5 Å². The number of H-pyrrole nitrogens is 1. The summed E-state index contributed by atoms with van der Waals surface area (Å²) in [7, 11) is 0. The molecule has 0 aliphatic heterocycles. The monoisotopic (exact) mass is 330 g/mol. The third kappa shape index (κ3) is 5.41. The van der Waals surface area contributed by atoms with Crippen LogP contribution in [0.4, 0.5) is 0 Å². The summed E-state index contributed by atoms with van der Waals surface area (Å²) in [6, 6.07) is 5.90. The van der Waals surface area contributed by atoms with E-state index >= 15 is 0 Å². The number of nitrogens with one attached hydrogen (secondary N) is 1. The van der Waals surface area contributed by atoms with Crippen molar-refractivity contribution in [1.29, 1.82) is 0 Å². The molecule has 0 radical (unpaired) electrons. The third-order valence-electron chi connectivity index (χ3n) is 3.66. The van der Waals surface area contributed by atoms with E-state index in [0.717, 1.165) is 48.5 Å². The smallest absolute Gasteiger partial charge is 0.333 e. The number of imidazole rings is 1. The van der Waals surface area contributed by atoms with Gasteiger partial charge in [0.25, 0.3) is 0 Å². The lowest BCUT2D eigenvalue weighted by Gasteiger charge is -2.04. The molecular formula is C19H26N2O3. The molecule has 0 saturated carbocycles. The van der Waals surface area contributed by atoms with E-state index in [1.54, 1.807) is 6.92 Å². The molecule has 0 atom stereocenters. The quantitative estimate of drug-likeness (QED) is 0.403. The van der Waals surface area contributed by atoms with Crippen molar-refractivity contribution in [3.63, 3.8) is 0 Å². The summed E-state index contributed by atoms with van der Waals surface area (Å²) in [6.07, 6.45) is 4.90. The summed E-state index contributed by atoms with van der Waals surface area (Å²) >= 11 is 0. The van der Waals surface area contributed by atoms with Crippen LogP contribution in [0.5, 0.6) is 5.75 Å². The normalized spacial score (nSPS) is 10.8. The molecule has 0 aliphatic carbocycles. The zero-order valence-electron chi connectivity index (χ0n) is 14.6. The number of benzene rings is 1. The third-order valence-corrected chi connectivity index (χ3v) is 3.66. The average Bonchev–Trinajstić information content (AvgIpc) is 2.97. The number of carbonyl (C=O) groups excluding carboxylic acids is 1. The molecule has 0 unspecified atom stereocenters. The van der Waals surface area contributed by atoms with E-state index in [0.29, 0.717) is 12.2 Å². The standard InChI is InChI=1S/C19H26N2O3/c1-4-5-6-11-23-15-9-10-16-17(13-15)21-18(20-16)8-7-12-24-19(22)14(2)3/h9-10,13H,2,4-8,11-12H2,1,3H3,(H,20,21). The van der Waals surface area contributed by atoms with E-state index in [4.69, 9.17) is 9.47 Å². The van der Waals surface area contributed by atoms with Crippen LogP contribution in [0, 0.1) is 0 Å². The van der Waals surface area contributed by atoms with Gasteiger partial charge in [-0.3, -0.25) is 0 Å². The van der Waals surface area contributed by atoms with Crippen molar-refractivity contribution in [2.45, 2.75) is 46.0 Å². The van der Waals surface area contributed by atoms with Crippen LogP contribution in [0.25, 0.3) is 11.0 Å². The second-order valence-electron chi connectivity index (χ2n) is 5.94. The van der Waals surface area contributed by atoms with Crippen LogP contribution in [-0.2, 0) is 16.0 Å². The van der Waals surface area contributed by atoms with Crippen LogP contribution in [0.3, 0.4) is 0 Å². The maximum Gasteiger partial charge on any atom is 0.333 e. The molecule has 0 saturated heterocycles. The Morgan fingerprint density at radius 1 is 1.25 bits per heavy atom. The number of hydrogen-bond acceptors (Lipinski definition) is 4. The molecule has 5 heteroatoms. The molecule has 5 nitrogen and oxygen atoms in total. The molecule has 2 rings (SSSR count). The minimum atomic E-state index is -0.343. The summed E-state index contributed by atoms with van der Waals surface area (Å²) < 4.78 is 10.8. The molecule has 130 valence electrons. The lowest BCUT2D eigenvalue weighted by atomic mass is 10.2. The van der Waals surface area contributed by atoms with Gasteiger partial charge in [-0.1, -0.05) is 26.3 Å². The van der Waals surface area contributed by atoms with Crippen molar-refractivity contribution < 1.29 is 14.3 Å². The van der Waals surface area contributed by atoms with Crippen LogP contribution in [0.15, 0.2) is 30.4 Å². The molecule has 0 aliphatic rings. The number of carbonyl (C=O) groups is 1. The van der Waals surface area contributed by atoms with Gasteiger partial charge in [0.1, 0.15) is 11.6 Å². The summed E-state index contributed by atoms with van der Waals surface area (Å²) in [4.78, 5) is 19.1. The van der Waals surface area contributed by atoms with E-state index in [-0.39, 0.29) is 5.97 Å². The predicted molar refractivity (Wildman–Crippen MR) is 95.2 cm³/mol. The number of nitrogens with zero attached hydrogens (tertiary/aromatic N) is 1. The summed E-state index contributed by atoms with van der Waals surface area (Å²) in [5, 5.41) is 0. The largest absolute Gasteiger partial charge is 0.494 e. The highest BCUT2D eigenvalue weighted by molar-refractivity contribution is 5.86. The molecule has 1 heterocycles. The summed E-state index contributed by atoms with van der Waals surface area (Å²) in [5.41, 5.74) is 2.31. The number of hydrogen-bond donors (Lipinski definition) is 1. The minimum Gasteiger partial charge on any atom is -0.494 e. The fourth-order valence-electron chi connectivity index (χ4n) is 2.32. The Morgan fingerprint density at radius 3 is 2.83 bits per heavy atom. The molecule has 0 spiro atoms. The van der Waals surface area contributed by atoms with Crippen LogP contribution in [0.2, 0.25) is 0 Å². The van der Waals surface area contributed by atoms with Gasteiger partial charge in [0.05, 0.1) is 24.2 Å². The number of unbranched alkanes of at least 4 members (excludes halogenated alkanes) is 2. The SMILES string of the molecule is C=C(C)C(=O)OCCCc1nc2ccc(OCCCCC)cc2[nH]1. The van der Waals surface area contributed by atoms with Crippen molar-refractivity contribution >= 4 is 17.0 Å². The molecule has 2 aromatic rings. The number of aryl methyl sites for hydroxylation is 1. The lowest BCUT2D eigenvalue weighted by molar-refractivity contribution is -0.139. The highest BCUT2D eigenvalue weighted by Crippen LogP contribution is 2.20. The molecule has 0 bridgehead atoms. The summed E-state index contributed by atoms with van der Waals surface area (Å²) in [5.74, 6) is 1.41. The zero-order chi connectivity index (χ0) is 17.4. The number of esters is 1. The number of rotatable bonds is 10. The van der Waals surface area contributed by atoms with E-state index in [1.807, 2.05) is 18.2 Å². The van der Waals surface area contributed by atoms with E-state index in [1.165, 1.54) is 12.8 Å². The number of aromatic amines is 1. The Balaban J connectivity index is 1.84. The van der Waals surface area contributed by atoms with E-state index in [2.05, 4.69) is 23.5 Å². The van der Waals surface area contributed by atoms with Crippen molar-refractivity contribution in [2.24, 2.45) is 0 Å². The Morgan fingerprint density at radius 2 is 2.08 bits per heavy atom. The topological polar surface area (TPSA) is 64.2 Å². The van der Waals surface area contributed by atoms with E-state index < -0.39 is 0 Å². The van der Waals surface area contributed by atoms with Crippen molar-refractivity contribution in [3.8, 4) is 5.75 Å². The highest BCUT2D eigenvalue weighted by atomic mass is 16.5. The first-order chi connectivity index (χ1) is 11.6. The fraction of sp³-hybridized carbons (Fsp3) is 0.474. The predicted octanol–water partition coefficient (Wildman–Crippen LogP) is 4.18. The second-order valence-corrected chi connectivity index (χ2v) is 5.94. The van der Waals surface area contributed by atoms with Crippen molar-refractivity contribution in [1.82, 2.24) is 9.97 Å². The van der Waals surface area contributed by atoms with Gasteiger partial charge in [-0.05, 0) is 31.9 Å². The number of fused-ring (bicyclic) bond motifs is 1. The second kappa shape index (κ2) is 9.11. The van der Waals surface area contributed by atoms with E-state index in [9.17, 15) is 4.79 Å². The molecular weight excluding hydrogens is 304 g/mol. The van der Waals surface area contributed by atoms with Gasteiger partial charge in [-0.2, -0.15) is 0 Å². The van der Waals surface area contributed by atoms with Gasteiger partial charge in [-0.25, -0.2) is 9.78 Å². The molecule has 24 heavy (non-hydrogen) atoms.